The number of benzene rings is 1. The van der Waals surface area contributed by atoms with Gasteiger partial charge in [0, 0.05) is 42.3 Å². The summed E-state index contributed by atoms with van der Waals surface area (Å²) < 4.78 is 1.02. The standard InChI is InChI=1S/C18H18BrN5/c1-24(12-8-14-5-9-20-10-6-14)18-21-11-7-17(23-18)22-16-4-2-3-15(19)13-16/h2-7,9-11,13H,8,12H2,1H3,(H,21,22,23). The number of hydrogen-bond donors (Lipinski definition) is 1. The number of pyridine rings is 1. The van der Waals surface area contributed by atoms with Gasteiger partial charge in [0.05, 0.1) is 0 Å². The third-order valence-corrected chi connectivity index (χ3v) is 4.06. The van der Waals surface area contributed by atoms with Gasteiger partial charge in [-0.3, -0.25) is 4.98 Å². The van der Waals surface area contributed by atoms with Crippen molar-refractivity contribution < 1.29 is 0 Å². The Kier molecular flexibility index (Phi) is 5.38. The molecule has 1 aromatic carbocycles. The van der Waals surface area contributed by atoms with E-state index in [1.807, 2.05) is 66.8 Å². The average molecular weight is 384 g/mol. The Hall–Kier alpha value is -2.47. The van der Waals surface area contributed by atoms with Crippen molar-refractivity contribution in [3.8, 4) is 0 Å². The third-order valence-electron chi connectivity index (χ3n) is 3.57. The summed E-state index contributed by atoms with van der Waals surface area (Å²) in [6.45, 7) is 0.838. The number of aromatic nitrogens is 3. The Morgan fingerprint density at radius 1 is 1.08 bits per heavy atom. The van der Waals surface area contributed by atoms with Crippen molar-refractivity contribution in [3.05, 3.63) is 71.1 Å². The van der Waals surface area contributed by atoms with Gasteiger partial charge in [-0.2, -0.15) is 4.98 Å². The first kappa shape index (κ1) is 16.4. The van der Waals surface area contributed by atoms with Crippen LogP contribution in [-0.4, -0.2) is 28.5 Å². The van der Waals surface area contributed by atoms with E-state index in [1.54, 1.807) is 6.20 Å². The summed E-state index contributed by atoms with van der Waals surface area (Å²) in [5.41, 5.74) is 2.23. The van der Waals surface area contributed by atoms with Gasteiger partial charge in [-0.05, 0) is 48.4 Å². The Morgan fingerprint density at radius 3 is 2.71 bits per heavy atom. The van der Waals surface area contributed by atoms with E-state index in [0.717, 1.165) is 28.9 Å². The Bertz CT molecular complexity index is 794. The molecular formula is C18H18BrN5. The molecule has 5 nitrogen and oxygen atoms in total. The molecule has 0 spiro atoms. The largest absolute Gasteiger partial charge is 0.343 e. The molecule has 6 heteroatoms. The van der Waals surface area contributed by atoms with Crippen LogP contribution in [0.5, 0.6) is 0 Å². The van der Waals surface area contributed by atoms with Crippen molar-refractivity contribution in [1.29, 1.82) is 0 Å². The second kappa shape index (κ2) is 7.88. The van der Waals surface area contributed by atoms with Gasteiger partial charge in [0.2, 0.25) is 5.95 Å². The van der Waals surface area contributed by atoms with Crippen LogP contribution < -0.4 is 10.2 Å². The Morgan fingerprint density at radius 2 is 1.92 bits per heavy atom. The summed E-state index contributed by atoms with van der Waals surface area (Å²) in [7, 11) is 2.00. The fourth-order valence-electron chi connectivity index (χ4n) is 2.26. The van der Waals surface area contributed by atoms with Gasteiger partial charge in [-0.25, -0.2) is 4.98 Å². The topological polar surface area (TPSA) is 53.9 Å². The molecule has 2 aromatic heterocycles. The van der Waals surface area contributed by atoms with Crippen molar-refractivity contribution in [2.75, 3.05) is 23.8 Å². The lowest BCUT2D eigenvalue weighted by molar-refractivity contribution is 0.837. The first-order valence-electron chi connectivity index (χ1n) is 7.66. The molecule has 0 radical (unpaired) electrons. The molecule has 3 rings (SSSR count). The predicted octanol–water partition coefficient (Wildman–Crippen LogP) is 4.06. The summed E-state index contributed by atoms with van der Waals surface area (Å²) in [6.07, 6.45) is 6.32. The molecule has 0 atom stereocenters. The van der Waals surface area contributed by atoms with E-state index in [9.17, 15) is 0 Å². The highest BCUT2D eigenvalue weighted by molar-refractivity contribution is 9.10. The van der Waals surface area contributed by atoms with Gasteiger partial charge in [-0.15, -0.1) is 0 Å². The summed E-state index contributed by atoms with van der Waals surface area (Å²) >= 11 is 3.47. The molecule has 1 N–H and O–H groups in total. The summed E-state index contributed by atoms with van der Waals surface area (Å²) in [6, 6.07) is 13.9. The highest BCUT2D eigenvalue weighted by atomic mass is 79.9. The minimum Gasteiger partial charge on any atom is -0.343 e. The van der Waals surface area contributed by atoms with Crippen LogP contribution in [0.4, 0.5) is 17.5 Å². The van der Waals surface area contributed by atoms with Crippen LogP contribution in [-0.2, 0) is 6.42 Å². The second-order valence-corrected chi connectivity index (χ2v) is 6.32. The molecule has 0 aliphatic heterocycles. The molecule has 0 aliphatic carbocycles. The average Bonchev–Trinajstić information content (AvgIpc) is 2.61. The van der Waals surface area contributed by atoms with E-state index in [1.165, 1.54) is 5.56 Å². The van der Waals surface area contributed by atoms with Gasteiger partial charge in [-0.1, -0.05) is 22.0 Å². The van der Waals surface area contributed by atoms with E-state index in [4.69, 9.17) is 0 Å². The van der Waals surface area contributed by atoms with Crippen molar-refractivity contribution in [3.63, 3.8) is 0 Å². The van der Waals surface area contributed by atoms with Gasteiger partial charge >= 0.3 is 0 Å². The second-order valence-electron chi connectivity index (χ2n) is 5.40. The fourth-order valence-corrected chi connectivity index (χ4v) is 2.66. The normalized spacial score (nSPS) is 10.4. The maximum Gasteiger partial charge on any atom is 0.227 e. The lowest BCUT2D eigenvalue weighted by Gasteiger charge is -2.17. The zero-order valence-corrected chi connectivity index (χ0v) is 14.9. The number of hydrogen-bond acceptors (Lipinski definition) is 5. The van der Waals surface area contributed by atoms with Crippen LogP contribution in [0.1, 0.15) is 5.56 Å². The highest BCUT2D eigenvalue weighted by Crippen LogP contribution is 2.20. The van der Waals surface area contributed by atoms with E-state index in [2.05, 4.69) is 36.2 Å². The van der Waals surface area contributed by atoms with Crippen molar-refractivity contribution in [2.24, 2.45) is 0 Å². The smallest absolute Gasteiger partial charge is 0.227 e. The number of likely N-dealkylation sites (N-methyl/N-ethyl adjacent to an activating group) is 1. The van der Waals surface area contributed by atoms with E-state index in [-0.39, 0.29) is 0 Å². The van der Waals surface area contributed by atoms with Crippen LogP contribution in [0.2, 0.25) is 0 Å². The molecule has 0 unspecified atom stereocenters. The first-order valence-corrected chi connectivity index (χ1v) is 8.46. The number of nitrogens with zero attached hydrogens (tertiary/aromatic N) is 4. The van der Waals surface area contributed by atoms with E-state index < -0.39 is 0 Å². The molecule has 0 aliphatic rings. The Balaban J connectivity index is 1.66. The van der Waals surface area contributed by atoms with Crippen LogP contribution in [0.25, 0.3) is 0 Å². The molecule has 3 aromatic rings. The van der Waals surface area contributed by atoms with E-state index >= 15 is 0 Å². The zero-order valence-electron chi connectivity index (χ0n) is 13.4. The minimum atomic E-state index is 0.698. The van der Waals surface area contributed by atoms with Crippen molar-refractivity contribution in [2.45, 2.75) is 6.42 Å². The maximum atomic E-state index is 4.59. The van der Waals surface area contributed by atoms with Crippen LogP contribution in [0, 0.1) is 0 Å². The number of nitrogens with one attached hydrogen (secondary N) is 1. The number of halogens is 1. The van der Waals surface area contributed by atoms with Gasteiger partial charge in [0.1, 0.15) is 5.82 Å². The number of anilines is 3. The monoisotopic (exact) mass is 383 g/mol. The van der Waals surface area contributed by atoms with Crippen LogP contribution >= 0.6 is 15.9 Å². The van der Waals surface area contributed by atoms with Crippen molar-refractivity contribution >= 4 is 33.4 Å². The zero-order chi connectivity index (χ0) is 16.8. The fraction of sp³-hybridized carbons (Fsp3) is 0.167. The van der Waals surface area contributed by atoms with Crippen molar-refractivity contribution in [1.82, 2.24) is 15.0 Å². The Labute approximate surface area is 149 Å². The summed E-state index contributed by atoms with van der Waals surface area (Å²) in [5, 5.41) is 3.30. The van der Waals surface area contributed by atoms with Gasteiger partial charge in [0.25, 0.3) is 0 Å². The lowest BCUT2D eigenvalue weighted by Crippen LogP contribution is -2.22. The van der Waals surface area contributed by atoms with Crippen LogP contribution in [0.3, 0.4) is 0 Å². The lowest BCUT2D eigenvalue weighted by atomic mass is 10.2. The molecule has 0 bridgehead atoms. The summed E-state index contributed by atoms with van der Waals surface area (Å²) in [4.78, 5) is 15.0. The molecule has 24 heavy (non-hydrogen) atoms. The highest BCUT2D eigenvalue weighted by Gasteiger charge is 2.06. The number of rotatable bonds is 6. The first-order chi connectivity index (χ1) is 11.7. The summed E-state index contributed by atoms with van der Waals surface area (Å²) in [5.74, 6) is 1.47. The van der Waals surface area contributed by atoms with E-state index in [0.29, 0.717) is 5.95 Å². The quantitative estimate of drug-likeness (QED) is 0.695. The van der Waals surface area contributed by atoms with Crippen LogP contribution in [0.15, 0.2) is 65.5 Å². The minimum absolute atomic E-state index is 0.698. The molecule has 0 saturated carbocycles. The van der Waals surface area contributed by atoms with Gasteiger partial charge < -0.3 is 10.2 Å². The molecule has 0 saturated heterocycles. The predicted molar refractivity (Wildman–Crippen MR) is 101 cm³/mol. The SMILES string of the molecule is CN(CCc1ccncc1)c1nccc(Nc2cccc(Br)c2)n1. The molecule has 2 heterocycles. The van der Waals surface area contributed by atoms with Gasteiger partial charge in [0.15, 0.2) is 0 Å². The molecule has 0 amide bonds. The molecule has 122 valence electrons. The third kappa shape index (κ3) is 4.52. The molecule has 0 fully saturated rings. The maximum absolute atomic E-state index is 4.59. The molecular weight excluding hydrogens is 366 g/mol.